The molecule has 2 heteroatoms. The average molecular weight is 687 g/mol. The van der Waals surface area contributed by atoms with Crippen molar-refractivity contribution in [1.29, 1.82) is 0 Å². The van der Waals surface area contributed by atoms with Crippen LogP contribution in [0.4, 0.5) is 0 Å². The summed E-state index contributed by atoms with van der Waals surface area (Å²) in [6.07, 6.45) is 0. The molecule has 0 unspecified atom stereocenters. The van der Waals surface area contributed by atoms with Gasteiger partial charge in [0.05, 0.1) is 5.39 Å². The fourth-order valence-corrected chi connectivity index (χ4v) is 9.10. The van der Waals surface area contributed by atoms with Gasteiger partial charge in [-0.05, 0) is 95.2 Å². The number of para-hydroxylation sites is 1. The Kier molecular flexibility index (Phi) is 6.09. The first-order valence-corrected chi connectivity index (χ1v) is 18.5. The van der Waals surface area contributed by atoms with Crippen LogP contribution in [0.25, 0.3) is 120 Å². The van der Waals surface area contributed by atoms with Crippen LogP contribution in [0.2, 0.25) is 0 Å². The summed E-state index contributed by atoms with van der Waals surface area (Å²) >= 11 is 0. The summed E-state index contributed by atoms with van der Waals surface area (Å²) < 4.78 is 13.3. The van der Waals surface area contributed by atoms with E-state index in [1.54, 1.807) is 0 Å². The molecule has 12 aromatic rings. The highest BCUT2D eigenvalue weighted by Crippen LogP contribution is 2.48. The monoisotopic (exact) mass is 686 g/mol. The van der Waals surface area contributed by atoms with Crippen LogP contribution in [-0.4, -0.2) is 0 Å². The van der Waals surface area contributed by atoms with Gasteiger partial charge in [-0.1, -0.05) is 158 Å². The van der Waals surface area contributed by atoms with E-state index in [0.717, 1.165) is 60.4 Å². The number of hydrogen-bond acceptors (Lipinski definition) is 2. The molecule has 0 aliphatic heterocycles. The van der Waals surface area contributed by atoms with Gasteiger partial charge in [0.15, 0.2) is 0 Å². The van der Waals surface area contributed by atoms with Gasteiger partial charge in [0.25, 0.3) is 0 Å². The maximum absolute atomic E-state index is 6.81. The molecular weight excluding hydrogens is 657 g/mol. The van der Waals surface area contributed by atoms with E-state index in [0.29, 0.717) is 0 Å². The van der Waals surface area contributed by atoms with E-state index in [1.165, 1.54) is 60.0 Å². The van der Waals surface area contributed by atoms with Gasteiger partial charge in [0, 0.05) is 21.7 Å². The quantitative estimate of drug-likeness (QED) is 0.173. The molecule has 0 aliphatic rings. The lowest BCUT2D eigenvalue weighted by Crippen LogP contribution is -1.91. The van der Waals surface area contributed by atoms with Gasteiger partial charge in [0.1, 0.15) is 22.3 Å². The third-order valence-electron chi connectivity index (χ3n) is 11.4. The highest BCUT2D eigenvalue weighted by molar-refractivity contribution is 6.27. The molecule has 0 fully saturated rings. The van der Waals surface area contributed by atoms with Crippen molar-refractivity contribution in [1.82, 2.24) is 0 Å². The zero-order valence-electron chi connectivity index (χ0n) is 29.1. The van der Waals surface area contributed by atoms with Gasteiger partial charge in [-0.3, -0.25) is 0 Å². The molecular formula is C52H30O2. The van der Waals surface area contributed by atoms with Crippen molar-refractivity contribution in [3.8, 4) is 33.4 Å². The Morgan fingerprint density at radius 1 is 0.278 bits per heavy atom. The molecule has 0 aliphatic carbocycles. The predicted molar refractivity (Wildman–Crippen MR) is 227 cm³/mol. The van der Waals surface area contributed by atoms with E-state index in [4.69, 9.17) is 8.83 Å². The van der Waals surface area contributed by atoms with Crippen LogP contribution in [0.3, 0.4) is 0 Å². The number of hydrogen-bond donors (Lipinski definition) is 0. The molecule has 0 N–H and O–H groups in total. The van der Waals surface area contributed by atoms with Gasteiger partial charge in [-0.2, -0.15) is 0 Å². The van der Waals surface area contributed by atoms with Gasteiger partial charge < -0.3 is 8.83 Å². The number of rotatable bonds is 3. The lowest BCUT2D eigenvalue weighted by Gasteiger charge is -2.19. The minimum Gasteiger partial charge on any atom is -0.455 e. The van der Waals surface area contributed by atoms with Crippen molar-refractivity contribution in [2.75, 3.05) is 0 Å². The highest BCUT2D eigenvalue weighted by atomic mass is 16.3. The first kappa shape index (κ1) is 29.4. The van der Waals surface area contributed by atoms with E-state index in [-0.39, 0.29) is 0 Å². The molecule has 0 atom stereocenters. The van der Waals surface area contributed by atoms with Crippen LogP contribution < -0.4 is 0 Å². The van der Waals surface area contributed by atoms with Crippen LogP contribution in [0.15, 0.2) is 191 Å². The summed E-state index contributed by atoms with van der Waals surface area (Å²) in [6.45, 7) is 0. The smallest absolute Gasteiger partial charge is 0.147 e. The van der Waals surface area contributed by atoms with Crippen molar-refractivity contribution >= 4 is 87.0 Å². The Morgan fingerprint density at radius 3 is 1.54 bits per heavy atom. The topological polar surface area (TPSA) is 26.3 Å². The van der Waals surface area contributed by atoms with Gasteiger partial charge in [-0.15, -0.1) is 0 Å². The second kappa shape index (κ2) is 11.2. The molecule has 12 rings (SSSR count). The Labute approximate surface area is 310 Å². The Hall–Kier alpha value is -7.16. The maximum atomic E-state index is 6.81. The zero-order chi connectivity index (χ0) is 35.3. The minimum absolute atomic E-state index is 0.828. The summed E-state index contributed by atoms with van der Waals surface area (Å²) in [5.74, 6) is 0. The van der Waals surface area contributed by atoms with Crippen molar-refractivity contribution in [2.45, 2.75) is 0 Å². The maximum Gasteiger partial charge on any atom is 0.147 e. The number of benzene rings is 10. The van der Waals surface area contributed by atoms with Gasteiger partial charge >= 0.3 is 0 Å². The molecule has 54 heavy (non-hydrogen) atoms. The van der Waals surface area contributed by atoms with Gasteiger partial charge in [-0.25, -0.2) is 0 Å². The van der Waals surface area contributed by atoms with Crippen molar-refractivity contribution < 1.29 is 8.83 Å². The first-order valence-electron chi connectivity index (χ1n) is 18.5. The normalized spacial score (nSPS) is 12.1. The lowest BCUT2D eigenvalue weighted by molar-refractivity contribution is 0.663. The highest BCUT2D eigenvalue weighted by Gasteiger charge is 2.22. The fourth-order valence-electron chi connectivity index (χ4n) is 9.10. The fraction of sp³-hybridized carbons (Fsp3) is 0. The molecule has 2 aromatic heterocycles. The first-order chi connectivity index (χ1) is 26.8. The zero-order valence-corrected chi connectivity index (χ0v) is 29.1. The van der Waals surface area contributed by atoms with E-state index in [1.807, 2.05) is 12.1 Å². The van der Waals surface area contributed by atoms with Crippen molar-refractivity contribution in [3.63, 3.8) is 0 Å². The number of fused-ring (bicyclic) bond motifs is 11. The summed E-state index contributed by atoms with van der Waals surface area (Å²) in [5.41, 5.74) is 10.6. The van der Waals surface area contributed by atoms with Crippen LogP contribution in [0.5, 0.6) is 0 Å². The van der Waals surface area contributed by atoms with E-state index in [2.05, 4.69) is 170 Å². The Bertz CT molecular complexity index is 3430. The van der Waals surface area contributed by atoms with Crippen LogP contribution in [0.1, 0.15) is 0 Å². The van der Waals surface area contributed by atoms with E-state index in [9.17, 15) is 0 Å². The molecule has 10 aromatic carbocycles. The minimum atomic E-state index is 0.828. The Morgan fingerprint density at radius 2 is 0.815 bits per heavy atom. The molecule has 0 saturated carbocycles. The van der Waals surface area contributed by atoms with Crippen molar-refractivity contribution in [3.05, 3.63) is 182 Å². The third-order valence-corrected chi connectivity index (χ3v) is 11.4. The Balaban J connectivity index is 1.10. The molecule has 0 amide bonds. The lowest BCUT2D eigenvalue weighted by atomic mass is 9.84. The second-order valence-corrected chi connectivity index (χ2v) is 14.3. The van der Waals surface area contributed by atoms with E-state index < -0.39 is 0 Å². The molecule has 2 nitrogen and oxygen atoms in total. The summed E-state index contributed by atoms with van der Waals surface area (Å²) in [5, 5.41) is 14.1. The van der Waals surface area contributed by atoms with Crippen LogP contribution in [0, 0.1) is 0 Å². The van der Waals surface area contributed by atoms with Crippen molar-refractivity contribution in [2.24, 2.45) is 0 Å². The molecule has 2 heterocycles. The predicted octanol–water partition coefficient (Wildman–Crippen LogP) is 15.1. The average Bonchev–Trinajstić information content (AvgIpc) is 3.80. The van der Waals surface area contributed by atoms with Crippen LogP contribution >= 0.6 is 0 Å². The largest absolute Gasteiger partial charge is 0.455 e. The SMILES string of the molecule is c1ccc2c(-c3c4ccccc4c(-c4ccc(-c5c6ccccc6cc6c5oc5ccc7c8ccccc8oc7c56)cc4)c4ccccc34)cccc2c1. The summed E-state index contributed by atoms with van der Waals surface area (Å²) in [6, 6.07) is 65.6. The third kappa shape index (κ3) is 4.11. The van der Waals surface area contributed by atoms with Crippen LogP contribution in [-0.2, 0) is 0 Å². The molecule has 0 radical (unpaired) electrons. The molecule has 0 spiro atoms. The summed E-state index contributed by atoms with van der Waals surface area (Å²) in [4.78, 5) is 0. The van der Waals surface area contributed by atoms with E-state index >= 15 is 0 Å². The molecule has 0 saturated heterocycles. The molecule has 250 valence electrons. The molecule has 0 bridgehead atoms. The second-order valence-electron chi connectivity index (χ2n) is 14.3. The summed E-state index contributed by atoms with van der Waals surface area (Å²) in [7, 11) is 0. The standard InChI is InChI=1S/C52H30O2/c1-3-15-35-31(12-1)14-11-22-38(35)49-41-20-7-5-18-39(41)47(40-19-6-8-21-42(40)49)32-24-26-33(27-25-32)48-36-16-4-2-13-34(36)30-44-50-46(54-52(44)48)29-28-43-37-17-9-10-23-45(37)53-51(43)50/h1-30H. The van der Waals surface area contributed by atoms with Gasteiger partial charge in [0.2, 0.25) is 0 Å². The number of furan rings is 2.